The fourth-order valence-electron chi connectivity index (χ4n) is 3.00. The van der Waals surface area contributed by atoms with E-state index in [0.717, 1.165) is 34.7 Å². The van der Waals surface area contributed by atoms with Gasteiger partial charge in [-0.2, -0.15) is 0 Å². The fraction of sp³-hybridized carbons (Fsp3) is 0.227. The van der Waals surface area contributed by atoms with Crippen molar-refractivity contribution in [3.63, 3.8) is 0 Å². The van der Waals surface area contributed by atoms with Crippen molar-refractivity contribution in [2.75, 3.05) is 13.9 Å². The summed E-state index contributed by atoms with van der Waals surface area (Å²) in [7, 11) is 1.63. The third-order valence-corrected chi connectivity index (χ3v) is 4.73. The summed E-state index contributed by atoms with van der Waals surface area (Å²) in [6, 6.07) is 15.5. The Balaban J connectivity index is 0.00000256. The standard InChI is InChI=1S/C22H21ClN2O4.ClH/c1-26-20-8-15(2-5-18(20)27-13-17-4-7-22(23)25-12-17)10-24-11-16-3-6-19-21(9-16)29-14-28-19;/h2-9,12,24H,10-11,13-14H2,1H3;1H. The Bertz CT molecular complexity index is 983. The molecule has 0 bridgehead atoms. The first-order chi connectivity index (χ1) is 14.2. The smallest absolute Gasteiger partial charge is 0.231 e. The zero-order valence-corrected chi connectivity index (χ0v) is 18.0. The summed E-state index contributed by atoms with van der Waals surface area (Å²) in [4.78, 5) is 4.06. The van der Waals surface area contributed by atoms with Gasteiger partial charge in [0.25, 0.3) is 0 Å². The second kappa shape index (κ2) is 10.4. The first-order valence-electron chi connectivity index (χ1n) is 9.20. The number of hydrogen-bond donors (Lipinski definition) is 1. The highest BCUT2D eigenvalue weighted by Gasteiger charge is 2.13. The van der Waals surface area contributed by atoms with Crippen molar-refractivity contribution in [2.45, 2.75) is 19.7 Å². The Morgan fingerprint density at radius 2 is 1.67 bits per heavy atom. The Morgan fingerprint density at radius 1 is 0.933 bits per heavy atom. The summed E-state index contributed by atoms with van der Waals surface area (Å²) in [6.45, 7) is 2.10. The predicted molar refractivity (Wildman–Crippen MR) is 117 cm³/mol. The normalized spacial score (nSPS) is 11.7. The highest BCUT2D eigenvalue weighted by Crippen LogP contribution is 2.32. The first-order valence-corrected chi connectivity index (χ1v) is 9.58. The van der Waals surface area contributed by atoms with Crippen LogP contribution in [0.15, 0.2) is 54.7 Å². The molecule has 0 spiro atoms. The molecule has 4 rings (SSSR count). The molecule has 0 aliphatic carbocycles. The van der Waals surface area contributed by atoms with E-state index in [2.05, 4.69) is 10.3 Å². The van der Waals surface area contributed by atoms with Crippen LogP contribution in [0.3, 0.4) is 0 Å². The molecule has 0 amide bonds. The van der Waals surface area contributed by atoms with Gasteiger partial charge in [0.1, 0.15) is 11.8 Å². The molecule has 0 unspecified atom stereocenters. The molecule has 1 aliphatic heterocycles. The maximum Gasteiger partial charge on any atom is 0.231 e. The Morgan fingerprint density at radius 3 is 2.43 bits per heavy atom. The van der Waals surface area contributed by atoms with Gasteiger partial charge in [0, 0.05) is 24.8 Å². The van der Waals surface area contributed by atoms with Gasteiger partial charge in [-0.05, 0) is 41.5 Å². The van der Waals surface area contributed by atoms with Crippen molar-refractivity contribution in [3.05, 3.63) is 76.6 Å². The van der Waals surface area contributed by atoms with Crippen LogP contribution in [0.1, 0.15) is 16.7 Å². The summed E-state index contributed by atoms with van der Waals surface area (Å²) in [5, 5.41) is 3.89. The van der Waals surface area contributed by atoms with Gasteiger partial charge in [-0.1, -0.05) is 29.8 Å². The van der Waals surface area contributed by atoms with Crippen LogP contribution in [-0.4, -0.2) is 18.9 Å². The molecular weight excluding hydrogens is 427 g/mol. The monoisotopic (exact) mass is 448 g/mol. The number of pyridine rings is 1. The Kier molecular flexibility index (Phi) is 7.63. The van der Waals surface area contributed by atoms with E-state index in [9.17, 15) is 0 Å². The van der Waals surface area contributed by atoms with E-state index in [1.54, 1.807) is 19.4 Å². The van der Waals surface area contributed by atoms with Gasteiger partial charge in [0.05, 0.1) is 7.11 Å². The van der Waals surface area contributed by atoms with Gasteiger partial charge < -0.3 is 24.3 Å². The number of halogens is 2. The molecular formula is C22H22Cl2N2O4. The van der Waals surface area contributed by atoms with Gasteiger partial charge in [0.15, 0.2) is 23.0 Å². The Labute approximate surface area is 186 Å². The molecule has 1 aromatic heterocycles. The van der Waals surface area contributed by atoms with Crippen molar-refractivity contribution in [1.82, 2.24) is 10.3 Å². The molecule has 30 heavy (non-hydrogen) atoms. The molecule has 1 N–H and O–H groups in total. The molecule has 2 aromatic carbocycles. The van der Waals surface area contributed by atoms with Crippen LogP contribution in [0.2, 0.25) is 5.15 Å². The number of benzene rings is 2. The molecule has 158 valence electrons. The minimum Gasteiger partial charge on any atom is -0.493 e. The molecule has 1 aliphatic rings. The molecule has 3 aromatic rings. The van der Waals surface area contributed by atoms with Gasteiger partial charge in [-0.25, -0.2) is 4.98 Å². The highest BCUT2D eigenvalue weighted by atomic mass is 35.5. The first kappa shape index (κ1) is 22.0. The lowest BCUT2D eigenvalue weighted by Gasteiger charge is -2.13. The lowest BCUT2D eigenvalue weighted by atomic mass is 10.1. The number of ether oxygens (including phenoxy) is 4. The minimum absolute atomic E-state index is 0. The van der Waals surface area contributed by atoms with Crippen LogP contribution in [0.5, 0.6) is 23.0 Å². The number of hydrogen-bond acceptors (Lipinski definition) is 6. The van der Waals surface area contributed by atoms with Crippen LogP contribution >= 0.6 is 24.0 Å². The van der Waals surface area contributed by atoms with Crippen molar-refractivity contribution in [1.29, 1.82) is 0 Å². The van der Waals surface area contributed by atoms with Crippen LogP contribution < -0.4 is 24.3 Å². The van der Waals surface area contributed by atoms with Crippen LogP contribution in [-0.2, 0) is 19.7 Å². The van der Waals surface area contributed by atoms with Gasteiger partial charge in [-0.3, -0.25) is 0 Å². The molecule has 0 saturated heterocycles. The molecule has 6 nitrogen and oxygen atoms in total. The molecule has 0 radical (unpaired) electrons. The molecule has 8 heteroatoms. The topological polar surface area (TPSA) is 61.8 Å². The third-order valence-electron chi connectivity index (χ3n) is 4.51. The number of fused-ring (bicyclic) bond motifs is 1. The van der Waals surface area contributed by atoms with E-state index in [4.69, 9.17) is 30.5 Å². The van der Waals surface area contributed by atoms with Gasteiger partial charge in [-0.15, -0.1) is 12.4 Å². The Hall–Kier alpha value is -2.67. The quantitative estimate of drug-likeness (QED) is 0.501. The second-order valence-corrected chi connectivity index (χ2v) is 6.94. The average molecular weight is 449 g/mol. The summed E-state index contributed by atoms with van der Waals surface area (Å²) in [5.41, 5.74) is 3.17. The largest absolute Gasteiger partial charge is 0.493 e. The molecule has 0 atom stereocenters. The average Bonchev–Trinajstić information content (AvgIpc) is 3.22. The summed E-state index contributed by atoms with van der Waals surface area (Å²) < 4.78 is 22.1. The number of aromatic nitrogens is 1. The zero-order chi connectivity index (χ0) is 20.1. The highest BCUT2D eigenvalue weighted by molar-refractivity contribution is 6.29. The van der Waals surface area contributed by atoms with E-state index in [-0.39, 0.29) is 19.2 Å². The predicted octanol–water partition coefficient (Wildman–Crippen LogP) is 4.76. The SMILES string of the molecule is COc1cc(CNCc2ccc3c(c2)OCO3)ccc1OCc1ccc(Cl)nc1.Cl. The summed E-state index contributed by atoms with van der Waals surface area (Å²) in [5.74, 6) is 2.96. The molecule has 0 saturated carbocycles. The zero-order valence-electron chi connectivity index (χ0n) is 16.4. The van der Waals surface area contributed by atoms with E-state index in [1.807, 2.05) is 42.5 Å². The van der Waals surface area contributed by atoms with Crippen molar-refractivity contribution >= 4 is 24.0 Å². The molecule has 0 fully saturated rings. The van der Waals surface area contributed by atoms with Crippen molar-refractivity contribution in [3.8, 4) is 23.0 Å². The van der Waals surface area contributed by atoms with Crippen LogP contribution in [0.4, 0.5) is 0 Å². The van der Waals surface area contributed by atoms with Gasteiger partial charge >= 0.3 is 0 Å². The summed E-state index contributed by atoms with van der Waals surface area (Å²) >= 11 is 5.81. The molecule has 2 heterocycles. The lowest BCUT2D eigenvalue weighted by Crippen LogP contribution is -2.12. The maximum absolute atomic E-state index is 5.87. The number of nitrogens with one attached hydrogen (secondary N) is 1. The van der Waals surface area contributed by atoms with E-state index in [0.29, 0.717) is 29.8 Å². The lowest BCUT2D eigenvalue weighted by molar-refractivity contribution is 0.174. The number of methoxy groups -OCH3 is 1. The van der Waals surface area contributed by atoms with E-state index < -0.39 is 0 Å². The van der Waals surface area contributed by atoms with E-state index in [1.165, 1.54) is 0 Å². The van der Waals surface area contributed by atoms with Gasteiger partial charge in [0.2, 0.25) is 6.79 Å². The van der Waals surface area contributed by atoms with Crippen LogP contribution in [0.25, 0.3) is 0 Å². The number of rotatable bonds is 8. The third kappa shape index (κ3) is 5.48. The van der Waals surface area contributed by atoms with E-state index >= 15 is 0 Å². The number of nitrogens with zero attached hydrogens (tertiary/aromatic N) is 1. The second-order valence-electron chi connectivity index (χ2n) is 6.55. The van der Waals surface area contributed by atoms with Crippen molar-refractivity contribution < 1.29 is 18.9 Å². The minimum atomic E-state index is 0. The van der Waals surface area contributed by atoms with Crippen LogP contribution in [0, 0.1) is 0 Å². The fourth-order valence-corrected chi connectivity index (χ4v) is 3.11. The van der Waals surface area contributed by atoms with Crippen molar-refractivity contribution in [2.24, 2.45) is 0 Å². The summed E-state index contributed by atoms with van der Waals surface area (Å²) in [6.07, 6.45) is 1.70. The maximum atomic E-state index is 5.87.